The summed E-state index contributed by atoms with van der Waals surface area (Å²) in [6.07, 6.45) is 1.42. The van der Waals surface area contributed by atoms with Crippen LogP contribution in [0.1, 0.15) is 21.9 Å². The number of hydrogen-bond acceptors (Lipinski definition) is 7. The molecule has 3 aromatic heterocycles. The monoisotopic (exact) mass is 375 g/mol. The van der Waals surface area contributed by atoms with E-state index in [1.165, 1.54) is 12.3 Å². The lowest BCUT2D eigenvalue weighted by Crippen LogP contribution is -2.10. The Kier molecular flexibility index (Phi) is 4.55. The Morgan fingerprint density at radius 2 is 1.79 bits per heavy atom. The molecule has 0 aliphatic heterocycles. The second-order valence-electron chi connectivity index (χ2n) is 6.15. The number of rotatable bonds is 5. The molecule has 0 fully saturated rings. The summed E-state index contributed by atoms with van der Waals surface area (Å²) in [4.78, 5) is 11.9. The predicted molar refractivity (Wildman–Crippen MR) is 103 cm³/mol. The van der Waals surface area contributed by atoms with Crippen LogP contribution in [0.25, 0.3) is 5.82 Å². The van der Waals surface area contributed by atoms with Crippen molar-refractivity contribution in [3.05, 3.63) is 71.9 Å². The van der Waals surface area contributed by atoms with Gasteiger partial charge in [-0.3, -0.25) is 4.79 Å². The SMILES string of the molecule is Cc1cc(C)n(-c2ccc(Nc3ccc(NC(=O)c4ccno4)cc3)nn2)n1. The van der Waals surface area contributed by atoms with Gasteiger partial charge in [0.1, 0.15) is 0 Å². The molecule has 140 valence electrons. The molecule has 0 bridgehead atoms. The lowest BCUT2D eigenvalue weighted by atomic mass is 10.2. The average molecular weight is 375 g/mol. The van der Waals surface area contributed by atoms with E-state index in [0.29, 0.717) is 17.3 Å². The first kappa shape index (κ1) is 17.4. The minimum Gasteiger partial charge on any atom is -0.351 e. The molecule has 28 heavy (non-hydrogen) atoms. The quantitative estimate of drug-likeness (QED) is 0.551. The van der Waals surface area contributed by atoms with Crippen LogP contribution in [-0.4, -0.2) is 31.0 Å². The van der Waals surface area contributed by atoms with Crippen molar-refractivity contribution in [1.82, 2.24) is 25.1 Å². The Morgan fingerprint density at radius 3 is 2.39 bits per heavy atom. The van der Waals surface area contributed by atoms with Crippen molar-refractivity contribution in [3.63, 3.8) is 0 Å². The summed E-state index contributed by atoms with van der Waals surface area (Å²) in [5.74, 6) is 1.05. The van der Waals surface area contributed by atoms with Crippen molar-refractivity contribution in [1.29, 1.82) is 0 Å². The maximum Gasteiger partial charge on any atom is 0.294 e. The smallest absolute Gasteiger partial charge is 0.294 e. The first-order valence-corrected chi connectivity index (χ1v) is 8.55. The Balaban J connectivity index is 1.41. The highest BCUT2D eigenvalue weighted by atomic mass is 16.5. The van der Waals surface area contributed by atoms with Crippen molar-refractivity contribution < 1.29 is 9.32 Å². The number of aromatic nitrogens is 5. The van der Waals surface area contributed by atoms with Crippen LogP contribution in [0, 0.1) is 13.8 Å². The second-order valence-corrected chi connectivity index (χ2v) is 6.15. The van der Waals surface area contributed by atoms with Gasteiger partial charge in [-0.1, -0.05) is 5.16 Å². The van der Waals surface area contributed by atoms with Gasteiger partial charge in [0, 0.05) is 23.1 Å². The van der Waals surface area contributed by atoms with Gasteiger partial charge in [-0.15, -0.1) is 10.2 Å². The summed E-state index contributed by atoms with van der Waals surface area (Å²) in [5, 5.41) is 22.2. The molecule has 2 N–H and O–H groups in total. The van der Waals surface area contributed by atoms with E-state index < -0.39 is 0 Å². The van der Waals surface area contributed by atoms with E-state index in [2.05, 4.69) is 31.1 Å². The number of anilines is 3. The molecule has 4 rings (SSSR count). The predicted octanol–water partition coefficient (Wildman–Crippen LogP) is 3.26. The van der Waals surface area contributed by atoms with Gasteiger partial charge in [0.15, 0.2) is 11.6 Å². The van der Waals surface area contributed by atoms with Crippen molar-refractivity contribution in [2.75, 3.05) is 10.6 Å². The van der Waals surface area contributed by atoms with Crippen molar-refractivity contribution in [2.45, 2.75) is 13.8 Å². The maximum atomic E-state index is 11.9. The van der Waals surface area contributed by atoms with Crippen LogP contribution in [0.2, 0.25) is 0 Å². The lowest BCUT2D eigenvalue weighted by molar-refractivity contribution is 0.0988. The zero-order valence-electron chi connectivity index (χ0n) is 15.2. The molecule has 0 radical (unpaired) electrons. The van der Waals surface area contributed by atoms with Crippen molar-refractivity contribution in [3.8, 4) is 5.82 Å². The van der Waals surface area contributed by atoms with Crippen LogP contribution in [0.4, 0.5) is 17.2 Å². The number of nitrogens with zero attached hydrogens (tertiary/aromatic N) is 5. The number of aryl methyl sites for hydroxylation is 2. The van der Waals surface area contributed by atoms with Crippen LogP contribution < -0.4 is 10.6 Å². The Morgan fingerprint density at radius 1 is 1.00 bits per heavy atom. The van der Waals surface area contributed by atoms with E-state index in [0.717, 1.165) is 17.1 Å². The van der Waals surface area contributed by atoms with Gasteiger partial charge in [0.25, 0.3) is 5.91 Å². The Hall–Kier alpha value is -4.01. The van der Waals surface area contributed by atoms with Crippen LogP contribution in [0.5, 0.6) is 0 Å². The third-order valence-corrected chi connectivity index (χ3v) is 3.95. The maximum absolute atomic E-state index is 11.9. The Labute approximate surface area is 160 Å². The highest BCUT2D eigenvalue weighted by Crippen LogP contribution is 2.18. The van der Waals surface area contributed by atoms with Gasteiger partial charge in [0.2, 0.25) is 5.76 Å². The minimum atomic E-state index is -0.358. The number of benzene rings is 1. The minimum absolute atomic E-state index is 0.153. The van der Waals surface area contributed by atoms with E-state index in [9.17, 15) is 4.79 Å². The van der Waals surface area contributed by atoms with Crippen LogP contribution >= 0.6 is 0 Å². The first-order chi connectivity index (χ1) is 13.6. The molecule has 9 heteroatoms. The molecule has 4 aromatic rings. The largest absolute Gasteiger partial charge is 0.351 e. The molecule has 0 unspecified atom stereocenters. The summed E-state index contributed by atoms with van der Waals surface area (Å²) < 4.78 is 6.57. The van der Waals surface area contributed by atoms with E-state index >= 15 is 0 Å². The molecule has 9 nitrogen and oxygen atoms in total. The fourth-order valence-electron chi connectivity index (χ4n) is 2.68. The zero-order chi connectivity index (χ0) is 19.5. The van der Waals surface area contributed by atoms with E-state index in [1.54, 1.807) is 16.8 Å². The number of carbonyl (C=O) groups excluding carboxylic acids is 1. The highest BCUT2D eigenvalue weighted by Gasteiger charge is 2.10. The van der Waals surface area contributed by atoms with Gasteiger partial charge in [0.05, 0.1) is 11.9 Å². The fraction of sp³-hybridized carbons (Fsp3) is 0.105. The molecular formula is C19H17N7O2. The topological polar surface area (TPSA) is 111 Å². The van der Waals surface area contributed by atoms with Crippen molar-refractivity contribution in [2.24, 2.45) is 0 Å². The summed E-state index contributed by atoms with van der Waals surface area (Å²) in [6.45, 7) is 3.90. The van der Waals surface area contributed by atoms with Gasteiger partial charge in [-0.25, -0.2) is 4.68 Å². The van der Waals surface area contributed by atoms with E-state index in [1.807, 2.05) is 44.2 Å². The van der Waals surface area contributed by atoms with Gasteiger partial charge >= 0.3 is 0 Å². The second kappa shape index (κ2) is 7.31. The molecule has 0 atom stereocenters. The third kappa shape index (κ3) is 3.73. The molecule has 0 aliphatic rings. The number of hydrogen-bond donors (Lipinski definition) is 2. The van der Waals surface area contributed by atoms with Crippen LogP contribution in [0.3, 0.4) is 0 Å². The summed E-state index contributed by atoms with van der Waals surface area (Å²) in [7, 11) is 0. The summed E-state index contributed by atoms with van der Waals surface area (Å²) in [6, 6.07) is 14.4. The lowest BCUT2D eigenvalue weighted by Gasteiger charge is -2.08. The van der Waals surface area contributed by atoms with Crippen LogP contribution in [-0.2, 0) is 0 Å². The average Bonchev–Trinajstić information content (AvgIpc) is 3.34. The molecule has 1 amide bonds. The first-order valence-electron chi connectivity index (χ1n) is 8.55. The number of amides is 1. The molecule has 1 aromatic carbocycles. The molecule has 3 heterocycles. The van der Waals surface area contributed by atoms with Gasteiger partial charge in [-0.05, 0) is 56.3 Å². The number of carbonyl (C=O) groups is 1. The summed E-state index contributed by atoms with van der Waals surface area (Å²) >= 11 is 0. The van der Waals surface area contributed by atoms with E-state index in [-0.39, 0.29) is 11.7 Å². The summed E-state index contributed by atoms with van der Waals surface area (Å²) in [5.41, 5.74) is 3.37. The Bertz CT molecular complexity index is 1080. The zero-order valence-corrected chi connectivity index (χ0v) is 15.2. The molecule has 0 aliphatic carbocycles. The normalized spacial score (nSPS) is 10.6. The molecule has 0 spiro atoms. The van der Waals surface area contributed by atoms with E-state index in [4.69, 9.17) is 4.52 Å². The third-order valence-electron chi connectivity index (χ3n) is 3.95. The standard InChI is InChI=1S/C19H17N7O2/c1-12-11-13(2)26(25-12)18-8-7-17(23-24-18)21-14-3-5-15(6-4-14)22-19(27)16-9-10-20-28-16/h3-11H,1-2H3,(H,21,23)(H,22,27). The van der Waals surface area contributed by atoms with Crippen molar-refractivity contribution >= 4 is 23.1 Å². The van der Waals surface area contributed by atoms with Crippen LogP contribution in [0.15, 0.2) is 59.3 Å². The van der Waals surface area contributed by atoms with Gasteiger partial charge in [-0.2, -0.15) is 5.10 Å². The fourth-order valence-corrected chi connectivity index (χ4v) is 2.68. The molecule has 0 saturated carbocycles. The number of nitrogens with one attached hydrogen (secondary N) is 2. The van der Waals surface area contributed by atoms with Gasteiger partial charge < -0.3 is 15.2 Å². The molecule has 0 saturated heterocycles. The highest BCUT2D eigenvalue weighted by molar-refractivity contribution is 6.02. The molecular weight excluding hydrogens is 358 g/mol.